The third-order valence-electron chi connectivity index (χ3n) is 3.85. The monoisotopic (exact) mass is 399 g/mol. The van der Waals surface area contributed by atoms with Crippen LogP contribution in [0, 0.1) is 0 Å². The molecule has 1 N–H and O–H groups in total. The van der Waals surface area contributed by atoms with Crippen molar-refractivity contribution in [2.75, 3.05) is 13.5 Å². The second-order valence-electron chi connectivity index (χ2n) is 6.92. The smallest absolute Gasteiger partial charge is 0.342 e. The number of ether oxygens (including phenoxy) is 2. The van der Waals surface area contributed by atoms with E-state index in [0.717, 1.165) is 36.8 Å². The highest BCUT2D eigenvalue weighted by Gasteiger charge is 2.32. The SMILES string of the molecule is CCCc1cccc(CCC)c1OP(=O)(COC)N[C@@H](C)C(=O)OC(C)C. The fourth-order valence-corrected chi connectivity index (χ4v) is 4.52. The van der Waals surface area contributed by atoms with Gasteiger partial charge in [-0.3, -0.25) is 9.36 Å². The Bertz CT molecular complexity index is 623. The van der Waals surface area contributed by atoms with E-state index in [4.69, 9.17) is 14.0 Å². The van der Waals surface area contributed by atoms with E-state index in [2.05, 4.69) is 18.9 Å². The number of hydrogen-bond donors (Lipinski definition) is 1. The first-order chi connectivity index (χ1) is 12.8. The van der Waals surface area contributed by atoms with Crippen LogP contribution in [0.5, 0.6) is 5.75 Å². The van der Waals surface area contributed by atoms with Gasteiger partial charge < -0.3 is 14.0 Å². The molecule has 0 saturated carbocycles. The number of carbonyl (C=O) groups is 1. The molecule has 0 amide bonds. The van der Waals surface area contributed by atoms with Crippen LogP contribution in [0.1, 0.15) is 58.6 Å². The molecule has 0 radical (unpaired) electrons. The number of hydrogen-bond acceptors (Lipinski definition) is 5. The van der Waals surface area contributed by atoms with Crippen LogP contribution in [-0.2, 0) is 31.7 Å². The Balaban J connectivity index is 3.14. The van der Waals surface area contributed by atoms with Crippen LogP contribution in [0.3, 0.4) is 0 Å². The molecule has 0 fully saturated rings. The van der Waals surface area contributed by atoms with Crippen molar-refractivity contribution in [3.05, 3.63) is 29.3 Å². The Morgan fingerprint density at radius 3 is 2.11 bits per heavy atom. The molecule has 0 saturated heterocycles. The van der Waals surface area contributed by atoms with Crippen molar-refractivity contribution in [1.82, 2.24) is 5.09 Å². The number of para-hydroxylation sites is 1. The molecule has 154 valence electrons. The van der Waals surface area contributed by atoms with E-state index in [1.807, 2.05) is 18.2 Å². The number of esters is 1. The van der Waals surface area contributed by atoms with Gasteiger partial charge in [-0.25, -0.2) is 5.09 Å². The van der Waals surface area contributed by atoms with Gasteiger partial charge in [0.25, 0.3) is 0 Å². The van der Waals surface area contributed by atoms with E-state index in [0.29, 0.717) is 5.75 Å². The van der Waals surface area contributed by atoms with Crippen LogP contribution >= 0.6 is 7.52 Å². The molecule has 0 aliphatic carbocycles. The maximum absolute atomic E-state index is 13.4. The first-order valence-corrected chi connectivity index (χ1v) is 11.4. The third-order valence-corrected chi connectivity index (χ3v) is 5.71. The van der Waals surface area contributed by atoms with E-state index in [-0.39, 0.29) is 12.5 Å². The molecule has 7 heteroatoms. The predicted molar refractivity (Wildman–Crippen MR) is 108 cm³/mol. The summed E-state index contributed by atoms with van der Waals surface area (Å²) in [6.07, 6.45) is 3.16. The molecule has 2 atom stereocenters. The zero-order valence-corrected chi connectivity index (χ0v) is 18.3. The van der Waals surface area contributed by atoms with E-state index < -0.39 is 19.5 Å². The summed E-state index contributed by atoms with van der Waals surface area (Å²) in [6, 6.07) is 5.21. The Hall–Kier alpha value is -1.36. The van der Waals surface area contributed by atoms with Gasteiger partial charge >= 0.3 is 13.5 Å². The molecule has 0 spiro atoms. The lowest BCUT2D eigenvalue weighted by atomic mass is 10.0. The van der Waals surface area contributed by atoms with Crippen LogP contribution in [0.2, 0.25) is 0 Å². The minimum Gasteiger partial charge on any atom is -0.462 e. The molecular weight excluding hydrogens is 365 g/mol. The zero-order chi connectivity index (χ0) is 20.4. The summed E-state index contributed by atoms with van der Waals surface area (Å²) in [5.74, 6) is 0.166. The minimum atomic E-state index is -3.47. The van der Waals surface area contributed by atoms with Gasteiger partial charge in [0.05, 0.1) is 6.10 Å². The van der Waals surface area contributed by atoms with Crippen LogP contribution in [0.25, 0.3) is 0 Å². The van der Waals surface area contributed by atoms with Gasteiger partial charge in [0, 0.05) is 7.11 Å². The Morgan fingerprint density at radius 2 is 1.67 bits per heavy atom. The van der Waals surface area contributed by atoms with Crippen LogP contribution in [-0.4, -0.2) is 31.6 Å². The van der Waals surface area contributed by atoms with Crippen LogP contribution < -0.4 is 9.61 Å². The zero-order valence-electron chi connectivity index (χ0n) is 17.4. The summed E-state index contributed by atoms with van der Waals surface area (Å²) in [6.45, 7) is 9.34. The molecule has 1 aromatic carbocycles. The van der Waals surface area contributed by atoms with Crippen molar-refractivity contribution < 1.29 is 23.4 Å². The standard InChI is InChI=1S/C20H34NO5P/c1-7-10-17-12-9-13-18(11-8-2)19(17)26-27(23,14-24-6)21-16(5)20(22)25-15(3)4/h9,12-13,15-16H,7-8,10-11,14H2,1-6H3,(H,21,23)/t16-,27?/m0/s1. The third kappa shape index (κ3) is 7.65. The van der Waals surface area contributed by atoms with Crippen LogP contribution in [0.4, 0.5) is 0 Å². The molecular formula is C20H34NO5P. The quantitative estimate of drug-likeness (QED) is 0.406. The number of benzene rings is 1. The Kier molecular flexibility index (Phi) is 10.1. The lowest BCUT2D eigenvalue weighted by Crippen LogP contribution is -2.36. The Labute approximate surface area is 163 Å². The molecule has 27 heavy (non-hydrogen) atoms. The van der Waals surface area contributed by atoms with Gasteiger partial charge in [-0.2, -0.15) is 0 Å². The predicted octanol–water partition coefficient (Wildman–Crippen LogP) is 4.70. The van der Waals surface area contributed by atoms with Gasteiger partial charge in [-0.15, -0.1) is 0 Å². The highest BCUT2D eigenvalue weighted by Crippen LogP contribution is 2.46. The number of rotatable bonds is 12. The normalized spacial score (nSPS) is 14.6. The summed E-state index contributed by atoms with van der Waals surface area (Å²) >= 11 is 0. The lowest BCUT2D eigenvalue weighted by molar-refractivity contribution is -0.149. The number of methoxy groups -OCH3 is 1. The molecule has 0 aliphatic rings. The summed E-state index contributed by atoms with van der Waals surface area (Å²) in [5, 5.41) is 2.82. The van der Waals surface area contributed by atoms with Gasteiger partial charge in [0.15, 0.2) is 0 Å². The molecule has 1 unspecified atom stereocenters. The van der Waals surface area contributed by atoms with Gasteiger partial charge in [0.1, 0.15) is 18.1 Å². The molecule has 6 nitrogen and oxygen atoms in total. The molecule has 1 aromatic rings. The molecule has 1 rings (SSSR count). The molecule has 0 heterocycles. The number of nitrogens with one attached hydrogen (secondary N) is 1. The fraction of sp³-hybridized carbons (Fsp3) is 0.650. The maximum Gasteiger partial charge on any atom is 0.342 e. The maximum atomic E-state index is 13.4. The summed E-state index contributed by atoms with van der Waals surface area (Å²) in [4.78, 5) is 12.1. The highest BCUT2D eigenvalue weighted by atomic mass is 31.2. The van der Waals surface area contributed by atoms with Crippen molar-refractivity contribution in [3.8, 4) is 5.75 Å². The lowest BCUT2D eigenvalue weighted by Gasteiger charge is -2.26. The molecule has 0 aliphatic heterocycles. The van der Waals surface area contributed by atoms with Crippen molar-refractivity contribution in [3.63, 3.8) is 0 Å². The fourth-order valence-electron chi connectivity index (χ4n) is 2.78. The second-order valence-corrected chi connectivity index (χ2v) is 8.97. The van der Waals surface area contributed by atoms with Gasteiger partial charge in [-0.1, -0.05) is 44.9 Å². The highest BCUT2D eigenvalue weighted by molar-refractivity contribution is 7.57. The van der Waals surface area contributed by atoms with Crippen molar-refractivity contribution in [1.29, 1.82) is 0 Å². The molecule has 0 aromatic heterocycles. The van der Waals surface area contributed by atoms with E-state index in [1.54, 1.807) is 20.8 Å². The summed E-state index contributed by atoms with van der Waals surface area (Å²) in [5.41, 5.74) is 2.03. The average Bonchev–Trinajstić information content (AvgIpc) is 2.57. The summed E-state index contributed by atoms with van der Waals surface area (Å²) < 4.78 is 29.8. The van der Waals surface area contributed by atoms with Crippen molar-refractivity contribution in [2.24, 2.45) is 0 Å². The first kappa shape index (κ1) is 23.7. The largest absolute Gasteiger partial charge is 0.462 e. The van der Waals surface area contributed by atoms with E-state index in [9.17, 15) is 9.36 Å². The van der Waals surface area contributed by atoms with E-state index in [1.165, 1.54) is 7.11 Å². The first-order valence-electron chi connectivity index (χ1n) is 9.62. The minimum absolute atomic E-state index is 0.141. The van der Waals surface area contributed by atoms with Crippen molar-refractivity contribution >= 4 is 13.5 Å². The van der Waals surface area contributed by atoms with Crippen molar-refractivity contribution in [2.45, 2.75) is 72.4 Å². The average molecular weight is 399 g/mol. The van der Waals surface area contributed by atoms with Crippen LogP contribution in [0.15, 0.2) is 18.2 Å². The van der Waals surface area contributed by atoms with Gasteiger partial charge in [0.2, 0.25) is 0 Å². The number of carbonyl (C=O) groups excluding carboxylic acids is 1. The number of aryl methyl sites for hydroxylation is 2. The molecule has 0 bridgehead atoms. The summed E-state index contributed by atoms with van der Waals surface area (Å²) in [7, 11) is -2.01. The second kappa shape index (κ2) is 11.5. The van der Waals surface area contributed by atoms with Gasteiger partial charge in [-0.05, 0) is 44.7 Å². The van der Waals surface area contributed by atoms with E-state index >= 15 is 0 Å². The Morgan fingerprint density at radius 1 is 1.11 bits per heavy atom. The topological polar surface area (TPSA) is 73.9 Å².